The molecule has 0 saturated heterocycles. The summed E-state index contributed by atoms with van der Waals surface area (Å²) < 4.78 is 2.04. The largest absolute Gasteiger partial charge is 0.353 e. The third-order valence-corrected chi connectivity index (χ3v) is 5.75. The fourth-order valence-electron chi connectivity index (χ4n) is 4.00. The van der Waals surface area contributed by atoms with Crippen molar-refractivity contribution in [2.24, 2.45) is 7.05 Å². The van der Waals surface area contributed by atoms with Crippen LogP contribution in [0.1, 0.15) is 5.82 Å². The summed E-state index contributed by atoms with van der Waals surface area (Å²) in [6.45, 7) is 1.98. The minimum absolute atomic E-state index is 0.791. The van der Waals surface area contributed by atoms with Crippen LogP contribution >= 0.6 is 0 Å². The second-order valence-corrected chi connectivity index (χ2v) is 7.58. The monoisotopic (exact) mass is 405 g/mol. The van der Waals surface area contributed by atoms with Crippen LogP contribution in [0.25, 0.3) is 56.0 Å². The summed E-state index contributed by atoms with van der Waals surface area (Å²) in [5.74, 6) is 0.946. The number of hydrogen-bond acceptors (Lipinski definition) is 4. The number of pyridine rings is 2. The standard InChI is InChI=1S/C24H19N7/c1-14-26-13-22(31(14)2)19-9-10-20-23(28-19)24(30-29-20)21-12-16-15(6-5-8-18(16)27-21)17-7-3-4-11-25-17/h3-13,27H,1-2H3,(H,29,30). The molecule has 5 heterocycles. The van der Waals surface area contributed by atoms with Crippen LogP contribution < -0.4 is 0 Å². The van der Waals surface area contributed by atoms with Gasteiger partial charge >= 0.3 is 0 Å². The maximum Gasteiger partial charge on any atom is 0.135 e. The highest BCUT2D eigenvalue weighted by molar-refractivity contribution is 6.00. The van der Waals surface area contributed by atoms with E-state index in [0.29, 0.717) is 0 Å². The van der Waals surface area contributed by atoms with Crippen molar-refractivity contribution in [2.45, 2.75) is 6.92 Å². The van der Waals surface area contributed by atoms with Gasteiger partial charge in [-0.1, -0.05) is 18.2 Å². The van der Waals surface area contributed by atoms with Crippen LogP contribution in [0, 0.1) is 6.92 Å². The Kier molecular flexibility index (Phi) is 3.76. The van der Waals surface area contributed by atoms with Gasteiger partial charge in [-0.3, -0.25) is 10.1 Å². The number of hydrogen-bond donors (Lipinski definition) is 2. The molecule has 0 bridgehead atoms. The lowest BCUT2D eigenvalue weighted by Gasteiger charge is -2.03. The van der Waals surface area contributed by atoms with E-state index in [-0.39, 0.29) is 0 Å². The molecule has 31 heavy (non-hydrogen) atoms. The van der Waals surface area contributed by atoms with E-state index < -0.39 is 0 Å². The minimum atomic E-state index is 0.791. The zero-order valence-corrected chi connectivity index (χ0v) is 17.1. The summed E-state index contributed by atoms with van der Waals surface area (Å²) in [6.07, 6.45) is 3.67. The van der Waals surface area contributed by atoms with Gasteiger partial charge in [0.1, 0.15) is 17.0 Å². The fourth-order valence-corrected chi connectivity index (χ4v) is 4.00. The van der Waals surface area contributed by atoms with Gasteiger partial charge in [0.15, 0.2) is 0 Å². The van der Waals surface area contributed by atoms with E-state index in [9.17, 15) is 0 Å². The molecule has 0 aliphatic rings. The summed E-state index contributed by atoms with van der Waals surface area (Å²) in [7, 11) is 2.00. The number of fused-ring (bicyclic) bond motifs is 2. The quantitative estimate of drug-likeness (QED) is 0.439. The Morgan fingerprint density at radius 3 is 2.65 bits per heavy atom. The fraction of sp³-hybridized carbons (Fsp3) is 0.0833. The van der Waals surface area contributed by atoms with E-state index in [1.54, 1.807) is 0 Å². The van der Waals surface area contributed by atoms with Gasteiger partial charge in [0.25, 0.3) is 0 Å². The average molecular weight is 405 g/mol. The molecule has 2 N–H and O–H groups in total. The molecule has 7 nitrogen and oxygen atoms in total. The van der Waals surface area contributed by atoms with E-state index >= 15 is 0 Å². The highest BCUT2D eigenvalue weighted by atomic mass is 15.1. The maximum atomic E-state index is 4.92. The zero-order valence-electron chi connectivity index (χ0n) is 17.1. The van der Waals surface area contributed by atoms with Crippen molar-refractivity contribution < 1.29 is 0 Å². The maximum absolute atomic E-state index is 4.92. The van der Waals surface area contributed by atoms with Crippen molar-refractivity contribution in [3.63, 3.8) is 0 Å². The summed E-state index contributed by atoms with van der Waals surface area (Å²) in [5.41, 5.74) is 8.31. The first-order valence-corrected chi connectivity index (χ1v) is 10.1. The molecule has 0 fully saturated rings. The number of nitrogens with one attached hydrogen (secondary N) is 2. The normalized spacial score (nSPS) is 11.5. The van der Waals surface area contributed by atoms with Crippen molar-refractivity contribution >= 4 is 21.9 Å². The molecular formula is C24H19N7. The van der Waals surface area contributed by atoms with E-state index in [1.807, 2.05) is 67.3 Å². The van der Waals surface area contributed by atoms with Crippen LogP contribution in [0.3, 0.4) is 0 Å². The number of benzene rings is 1. The first-order chi connectivity index (χ1) is 15.2. The van der Waals surface area contributed by atoms with Crippen LogP contribution in [0.2, 0.25) is 0 Å². The first-order valence-electron chi connectivity index (χ1n) is 10.1. The molecule has 5 aromatic heterocycles. The van der Waals surface area contributed by atoms with E-state index in [2.05, 4.69) is 43.3 Å². The second kappa shape index (κ2) is 6.63. The predicted octanol–water partition coefficient (Wildman–Crippen LogP) is 4.88. The average Bonchev–Trinajstić information content (AvgIpc) is 3.50. The molecule has 0 spiro atoms. The number of H-pyrrole nitrogens is 2. The molecule has 0 atom stereocenters. The lowest BCUT2D eigenvalue weighted by Crippen LogP contribution is -1.96. The summed E-state index contributed by atoms with van der Waals surface area (Å²) >= 11 is 0. The smallest absolute Gasteiger partial charge is 0.135 e. The van der Waals surface area contributed by atoms with Crippen molar-refractivity contribution in [1.29, 1.82) is 0 Å². The van der Waals surface area contributed by atoms with Crippen molar-refractivity contribution in [3.05, 3.63) is 72.8 Å². The van der Waals surface area contributed by atoms with E-state index in [4.69, 9.17) is 4.98 Å². The number of aryl methyl sites for hydroxylation is 1. The Morgan fingerprint density at radius 2 is 1.84 bits per heavy atom. The van der Waals surface area contributed by atoms with Gasteiger partial charge in [0.05, 0.1) is 34.5 Å². The van der Waals surface area contributed by atoms with Crippen LogP contribution in [0.5, 0.6) is 0 Å². The third-order valence-electron chi connectivity index (χ3n) is 5.75. The molecule has 0 radical (unpaired) electrons. The van der Waals surface area contributed by atoms with Crippen LogP contribution in [0.15, 0.2) is 67.0 Å². The van der Waals surface area contributed by atoms with Gasteiger partial charge in [-0.05, 0) is 43.3 Å². The molecule has 7 heteroatoms. The van der Waals surface area contributed by atoms with Gasteiger partial charge in [-0.2, -0.15) is 5.10 Å². The molecule has 1 aromatic carbocycles. The lowest BCUT2D eigenvalue weighted by molar-refractivity contribution is 0.862. The second-order valence-electron chi connectivity index (χ2n) is 7.58. The Hall–Kier alpha value is -4.26. The topological polar surface area (TPSA) is 88.1 Å². The summed E-state index contributed by atoms with van der Waals surface area (Å²) in [4.78, 5) is 17.3. The Morgan fingerprint density at radius 1 is 0.903 bits per heavy atom. The number of aromatic amines is 2. The molecule has 0 unspecified atom stereocenters. The molecule has 0 aliphatic carbocycles. The molecule has 0 aliphatic heterocycles. The highest BCUT2D eigenvalue weighted by Crippen LogP contribution is 2.33. The summed E-state index contributed by atoms with van der Waals surface area (Å²) in [6, 6.07) is 18.3. The predicted molar refractivity (Wildman–Crippen MR) is 121 cm³/mol. The van der Waals surface area contributed by atoms with Gasteiger partial charge in [0.2, 0.25) is 0 Å². The Balaban J connectivity index is 1.52. The van der Waals surface area contributed by atoms with Crippen LogP contribution in [-0.4, -0.2) is 34.7 Å². The van der Waals surface area contributed by atoms with Gasteiger partial charge in [-0.15, -0.1) is 0 Å². The van der Waals surface area contributed by atoms with E-state index in [1.165, 1.54) is 0 Å². The number of imidazole rings is 1. The highest BCUT2D eigenvalue weighted by Gasteiger charge is 2.16. The SMILES string of the molecule is Cc1ncc(-c2ccc3[nH]nc(-c4cc5c(-c6ccccn6)cccc5[nH]4)c3n2)n1C. The molecular weight excluding hydrogens is 386 g/mol. The van der Waals surface area contributed by atoms with Crippen LogP contribution in [-0.2, 0) is 7.05 Å². The Labute approximate surface area is 177 Å². The van der Waals surface area contributed by atoms with Crippen molar-refractivity contribution in [2.75, 3.05) is 0 Å². The number of rotatable bonds is 3. The molecule has 0 amide bonds. The van der Waals surface area contributed by atoms with Gasteiger partial charge in [-0.25, -0.2) is 9.97 Å². The van der Waals surface area contributed by atoms with Crippen molar-refractivity contribution in [1.82, 2.24) is 34.7 Å². The number of nitrogens with zero attached hydrogens (tertiary/aromatic N) is 5. The van der Waals surface area contributed by atoms with Crippen molar-refractivity contribution in [3.8, 4) is 34.0 Å². The van der Waals surface area contributed by atoms with Crippen LogP contribution in [0.4, 0.5) is 0 Å². The van der Waals surface area contributed by atoms with E-state index in [0.717, 1.165) is 61.8 Å². The first kappa shape index (κ1) is 17.6. The van der Waals surface area contributed by atoms with Gasteiger partial charge in [0, 0.05) is 29.7 Å². The van der Waals surface area contributed by atoms with Gasteiger partial charge < -0.3 is 9.55 Å². The Bertz CT molecular complexity index is 1550. The number of aromatic nitrogens is 7. The lowest BCUT2D eigenvalue weighted by atomic mass is 10.1. The molecule has 0 saturated carbocycles. The zero-order chi connectivity index (χ0) is 20.9. The minimum Gasteiger partial charge on any atom is -0.353 e. The summed E-state index contributed by atoms with van der Waals surface area (Å²) in [5, 5.41) is 8.78. The molecule has 6 rings (SSSR count). The molecule has 6 aromatic rings. The molecule has 150 valence electrons. The third kappa shape index (κ3) is 2.74.